The summed E-state index contributed by atoms with van der Waals surface area (Å²) in [7, 11) is 0. The molecule has 1 fully saturated rings. The van der Waals surface area contributed by atoms with Gasteiger partial charge in [0, 0.05) is 22.9 Å². The lowest BCUT2D eigenvalue weighted by Crippen LogP contribution is -2.39. The number of carbonyl (C=O) groups excluding carboxylic acids is 1. The number of aromatic nitrogens is 1. The first kappa shape index (κ1) is 16.6. The molecule has 0 spiro atoms. The molecule has 1 aliphatic heterocycles. The van der Waals surface area contributed by atoms with Crippen LogP contribution >= 0.6 is 15.9 Å². The van der Waals surface area contributed by atoms with Crippen molar-refractivity contribution in [3.8, 4) is 0 Å². The van der Waals surface area contributed by atoms with Crippen LogP contribution in [-0.4, -0.2) is 28.9 Å². The van der Waals surface area contributed by atoms with Gasteiger partial charge in [-0.3, -0.25) is 4.79 Å². The van der Waals surface area contributed by atoms with Crippen molar-refractivity contribution in [1.82, 2.24) is 9.88 Å². The van der Waals surface area contributed by atoms with E-state index in [0.717, 1.165) is 40.3 Å². The van der Waals surface area contributed by atoms with Crippen molar-refractivity contribution < 1.29 is 13.6 Å². The molecule has 1 amide bonds. The molecule has 1 unspecified atom stereocenters. The van der Waals surface area contributed by atoms with E-state index in [9.17, 15) is 4.79 Å². The Hall–Kier alpha value is -2.60. The SMILES string of the molecule is O=C(c1cc2cc(Br)ccc2o1)N1CCCC(c2nc3ccccc3o2)C1. The summed E-state index contributed by atoms with van der Waals surface area (Å²) in [6, 6.07) is 15.3. The zero-order valence-electron chi connectivity index (χ0n) is 14.5. The van der Waals surface area contributed by atoms with Gasteiger partial charge in [0.25, 0.3) is 5.91 Å². The first-order valence-corrected chi connectivity index (χ1v) is 9.80. The standard InChI is InChI=1S/C21H17BrN2O3/c22-15-7-8-17-14(10-15)11-19(26-17)21(25)24-9-3-4-13(12-24)20-23-16-5-1-2-6-18(16)27-20/h1-2,5-8,10-11,13H,3-4,9,12H2. The average molecular weight is 425 g/mol. The number of likely N-dealkylation sites (tertiary alicyclic amines) is 1. The van der Waals surface area contributed by atoms with Crippen molar-refractivity contribution in [2.45, 2.75) is 18.8 Å². The van der Waals surface area contributed by atoms with Crippen LogP contribution in [0, 0.1) is 0 Å². The number of fused-ring (bicyclic) bond motifs is 2. The number of nitrogens with zero attached hydrogens (tertiary/aromatic N) is 2. The maximum atomic E-state index is 13.0. The summed E-state index contributed by atoms with van der Waals surface area (Å²) < 4.78 is 12.7. The quantitative estimate of drug-likeness (QED) is 0.434. The van der Waals surface area contributed by atoms with Crippen LogP contribution in [0.3, 0.4) is 0 Å². The molecule has 1 saturated heterocycles. The van der Waals surface area contributed by atoms with Crippen molar-refractivity contribution in [1.29, 1.82) is 0 Å². The average Bonchev–Trinajstić information content (AvgIpc) is 3.31. The van der Waals surface area contributed by atoms with Crippen molar-refractivity contribution in [2.24, 2.45) is 0 Å². The Kier molecular flexibility index (Phi) is 4.01. The number of piperidine rings is 1. The molecule has 5 rings (SSSR count). The lowest BCUT2D eigenvalue weighted by molar-refractivity contribution is 0.0669. The van der Waals surface area contributed by atoms with Crippen LogP contribution in [0.4, 0.5) is 0 Å². The number of oxazole rings is 1. The summed E-state index contributed by atoms with van der Waals surface area (Å²) >= 11 is 3.45. The smallest absolute Gasteiger partial charge is 0.289 e. The predicted octanol–water partition coefficient (Wildman–Crippen LogP) is 5.36. The topological polar surface area (TPSA) is 59.5 Å². The van der Waals surface area contributed by atoms with E-state index in [0.29, 0.717) is 23.8 Å². The summed E-state index contributed by atoms with van der Waals surface area (Å²) in [5.74, 6) is 1.11. The molecule has 0 radical (unpaired) electrons. The van der Waals surface area contributed by atoms with E-state index in [1.807, 2.05) is 53.4 Å². The molecule has 136 valence electrons. The fourth-order valence-electron chi connectivity index (χ4n) is 3.70. The van der Waals surface area contributed by atoms with Gasteiger partial charge in [-0.05, 0) is 49.2 Å². The number of hydrogen-bond acceptors (Lipinski definition) is 4. The predicted molar refractivity (Wildman–Crippen MR) is 106 cm³/mol. The molecular weight excluding hydrogens is 408 g/mol. The lowest BCUT2D eigenvalue weighted by atomic mass is 9.98. The van der Waals surface area contributed by atoms with E-state index in [1.165, 1.54) is 0 Å². The maximum absolute atomic E-state index is 13.0. The second-order valence-corrected chi connectivity index (χ2v) is 7.82. The highest BCUT2D eigenvalue weighted by atomic mass is 79.9. The van der Waals surface area contributed by atoms with Crippen molar-refractivity contribution in [3.05, 3.63) is 64.7 Å². The van der Waals surface area contributed by atoms with E-state index >= 15 is 0 Å². The summed E-state index contributed by atoms with van der Waals surface area (Å²) in [5.41, 5.74) is 2.37. The number of benzene rings is 2. The molecule has 0 bridgehead atoms. The largest absolute Gasteiger partial charge is 0.451 e. The number of hydrogen-bond donors (Lipinski definition) is 0. The van der Waals surface area contributed by atoms with Crippen molar-refractivity contribution >= 4 is 43.9 Å². The van der Waals surface area contributed by atoms with Crippen molar-refractivity contribution in [2.75, 3.05) is 13.1 Å². The summed E-state index contributed by atoms with van der Waals surface area (Å²) in [6.07, 6.45) is 1.88. The highest BCUT2D eigenvalue weighted by molar-refractivity contribution is 9.10. The summed E-state index contributed by atoms with van der Waals surface area (Å²) in [5, 5.41) is 0.917. The molecule has 2 aromatic carbocycles. The Morgan fingerprint density at radius 2 is 2.00 bits per heavy atom. The number of halogens is 1. The Morgan fingerprint density at radius 1 is 1.11 bits per heavy atom. The van der Waals surface area contributed by atoms with Crippen LogP contribution < -0.4 is 0 Å². The lowest BCUT2D eigenvalue weighted by Gasteiger charge is -2.30. The van der Waals surface area contributed by atoms with Gasteiger partial charge in [-0.2, -0.15) is 0 Å². The second-order valence-electron chi connectivity index (χ2n) is 6.90. The van der Waals surface area contributed by atoms with Gasteiger partial charge in [0.2, 0.25) is 0 Å². The minimum atomic E-state index is -0.0804. The van der Waals surface area contributed by atoms with Gasteiger partial charge in [0.15, 0.2) is 17.2 Å². The van der Waals surface area contributed by atoms with Gasteiger partial charge in [0.1, 0.15) is 11.1 Å². The zero-order valence-corrected chi connectivity index (χ0v) is 16.1. The summed E-state index contributed by atoms with van der Waals surface area (Å²) in [6.45, 7) is 1.31. The van der Waals surface area contributed by atoms with Gasteiger partial charge >= 0.3 is 0 Å². The van der Waals surface area contributed by atoms with Gasteiger partial charge in [0.05, 0.1) is 5.92 Å². The van der Waals surface area contributed by atoms with Gasteiger partial charge in [-0.1, -0.05) is 28.1 Å². The minimum Gasteiger partial charge on any atom is -0.451 e. The molecular formula is C21H17BrN2O3. The number of amides is 1. The Balaban J connectivity index is 1.40. The normalized spacial score (nSPS) is 17.7. The van der Waals surface area contributed by atoms with Crippen LogP contribution in [0.15, 0.2) is 61.8 Å². The van der Waals surface area contributed by atoms with Gasteiger partial charge in [-0.15, -0.1) is 0 Å². The van der Waals surface area contributed by atoms with Crippen LogP contribution in [0.5, 0.6) is 0 Å². The van der Waals surface area contributed by atoms with Crippen LogP contribution in [0.1, 0.15) is 35.2 Å². The number of para-hydroxylation sites is 2. The van der Waals surface area contributed by atoms with Crippen LogP contribution in [0.25, 0.3) is 22.1 Å². The molecule has 5 nitrogen and oxygen atoms in total. The molecule has 4 aromatic rings. The van der Waals surface area contributed by atoms with E-state index < -0.39 is 0 Å². The van der Waals surface area contributed by atoms with Crippen LogP contribution in [-0.2, 0) is 0 Å². The molecule has 6 heteroatoms. The zero-order chi connectivity index (χ0) is 18.4. The van der Waals surface area contributed by atoms with Gasteiger partial charge < -0.3 is 13.7 Å². The first-order valence-electron chi connectivity index (χ1n) is 9.01. The Labute approximate surface area is 164 Å². The number of furan rings is 1. The monoisotopic (exact) mass is 424 g/mol. The molecule has 27 heavy (non-hydrogen) atoms. The van der Waals surface area contributed by atoms with E-state index in [1.54, 1.807) is 0 Å². The maximum Gasteiger partial charge on any atom is 0.289 e. The van der Waals surface area contributed by atoms with E-state index in [4.69, 9.17) is 8.83 Å². The molecule has 2 aromatic heterocycles. The Morgan fingerprint density at radius 3 is 2.89 bits per heavy atom. The third kappa shape index (κ3) is 3.04. The first-order chi connectivity index (χ1) is 13.2. The Bertz CT molecular complexity index is 1110. The van der Waals surface area contributed by atoms with E-state index in [-0.39, 0.29) is 11.8 Å². The highest BCUT2D eigenvalue weighted by Gasteiger charge is 2.30. The molecule has 3 heterocycles. The number of rotatable bonds is 2. The highest BCUT2D eigenvalue weighted by Crippen LogP contribution is 2.30. The molecule has 0 aliphatic carbocycles. The fourth-order valence-corrected chi connectivity index (χ4v) is 4.08. The van der Waals surface area contributed by atoms with Gasteiger partial charge in [-0.25, -0.2) is 4.98 Å². The molecule has 1 atom stereocenters. The molecule has 1 aliphatic rings. The molecule has 0 N–H and O–H groups in total. The third-order valence-corrected chi connectivity index (χ3v) is 5.55. The van der Waals surface area contributed by atoms with Crippen molar-refractivity contribution in [3.63, 3.8) is 0 Å². The molecule has 0 saturated carbocycles. The second kappa shape index (κ2) is 6.53. The summed E-state index contributed by atoms with van der Waals surface area (Å²) in [4.78, 5) is 19.4. The fraction of sp³-hybridized carbons (Fsp3) is 0.238. The number of carbonyl (C=O) groups is 1. The van der Waals surface area contributed by atoms with Crippen LogP contribution in [0.2, 0.25) is 0 Å². The minimum absolute atomic E-state index is 0.0804. The van der Waals surface area contributed by atoms with E-state index in [2.05, 4.69) is 20.9 Å². The third-order valence-electron chi connectivity index (χ3n) is 5.06.